The zero-order valence-electron chi connectivity index (χ0n) is 12.7. The molecule has 3 rings (SSSR count). The molecule has 0 amide bonds. The molecule has 0 saturated heterocycles. The summed E-state index contributed by atoms with van der Waals surface area (Å²) in [5, 5.41) is 13.5. The van der Waals surface area contributed by atoms with E-state index < -0.39 is 23.5 Å². The van der Waals surface area contributed by atoms with Gasteiger partial charge in [-0.05, 0) is 59.0 Å². The number of rotatable bonds is 3. The summed E-state index contributed by atoms with van der Waals surface area (Å²) in [6, 6.07) is 8.25. The maximum atomic E-state index is 12.6. The van der Waals surface area contributed by atoms with Gasteiger partial charge in [0.2, 0.25) is 0 Å². The standard InChI is InChI=1S/C15H9F6N5/c16-14(17,18)9-1-5-11(6-2-9)22-13-23-24-25-26(13)12-7-3-10(4-8-12)15(19,20)21/h1-8H,(H,22,23,25). The minimum Gasteiger partial charge on any atom is -0.323 e. The summed E-state index contributed by atoms with van der Waals surface area (Å²) >= 11 is 0. The minimum atomic E-state index is -4.47. The van der Waals surface area contributed by atoms with Crippen LogP contribution in [0.5, 0.6) is 0 Å². The van der Waals surface area contributed by atoms with Crippen molar-refractivity contribution in [2.45, 2.75) is 12.4 Å². The lowest BCUT2D eigenvalue weighted by Crippen LogP contribution is -2.07. The van der Waals surface area contributed by atoms with Crippen LogP contribution in [0.3, 0.4) is 0 Å². The van der Waals surface area contributed by atoms with Gasteiger partial charge >= 0.3 is 12.4 Å². The third-order valence-corrected chi connectivity index (χ3v) is 3.38. The summed E-state index contributed by atoms with van der Waals surface area (Å²) in [6.07, 6.45) is -8.93. The molecular weight excluding hydrogens is 364 g/mol. The first-order valence-corrected chi connectivity index (χ1v) is 7.05. The molecule has 3 aromatic rings. The molecule has 5 nitrogen and oxygen atoms in total. The molecule has 0 aliphatic rings. The van der Waals surface area contributed by atoms with Gasteiger partial charge < -0.3 is 5.32 Å². The molecule has 0 aliphatic carbocycles. The van der Waals surface area contributed by atoms with E-state index in [1.54, 1.807) is 0 Å². The molecular formula is C15H9F6N5. The molecule has 11 heteroatoms. The summed E-state index contributed by atoms with van der Waals surface area (Å²) < 4.78 is 76.6. The van der Waals surface area contributed by atoms with Gasteiger partial charge in [-0.3, -0.25) is 0 Å². The summed E-state index contributed by atoms with van der Waals surface area (Å²) in [5.74, 6) is 0.0320. The third kappa shape index (κ3) is 3.76. The molecule has 0 bridgehead atoms. The maximum Gasteiger partial charge on any atom is 0.416 e. The molecule has 0 unspecified atom stereocenters. The Bertz CT molecular complexity index is 881. The normalized spacial score (nSPS) is 12.2. The second kappa shape index (κ2) is 6.32. The number of hydrogen-bond donors (Lipinski definition) is 1. The van der Waals surface area contributed by atoms with E-state index in [0.717, 1.165) is 28.9 Å². The lowest BCUT2D eigenvalue weighted by Gasteiger charge is -2.10. The Balaban J connectivity index is 1.83. The molecule has 136 valence electrons. The van der Waals surface area contributed by atoms with Gasteiger partial charge in [-0.15, -0.1) is 0 Å². The van der Waals surface area contributed by atoms with Gasteiger partial charge in [0.1, 0.15) is 0 Å². The number of nitrogens with one attached hydrogen (secondary N) is 1. The Kier molecular flexibility index (Phi) is 4.30. The van der Waals surface area contributed by atoms with Gasteiger partial charge in [0.25, 0.3) is 5.95 Å². The van der Waals surface area contributed by atoms with E-state index in [1.165, 1.54) is 24.3 Å². The first-order valence-electron chi connectivity index (χ1n) is 7.05. The van der Waals surface area contributed by atoms with E-state index >= 15 is 0 Å². The molecule has 0 fully saturated rings. The van der Waals surface area contributed by atoms with Gasteiger partial charge in [0.05, 0.1) is 16.8 Å². The van der Waals surface area contributed by atoms with Gasteiger partial charge in [-0.1, -0.05) is 5.10 Å². The van der Waals surface area contributed by atoms with E-state index in [-0.39, 0.29) is 17.3 Å². The number of nitrogens with zero attached hydrogens (tertiary/aromatic N) is 4. The van der Waals surface area contributed by atoms with Crippen LogP contribution in [0, 0.1) is 0 Å². The lowest BCUT2D eigenvalue weighted by atomic mass is 10.2. The Hall–Kier alpha value is -3.11. The number of alkyl halides is 6. The highest BCUT2D eigenvalue weighted by molar-refractivity contribution is 5.55. The monoisotopic (exact) mass is 373 g/mol. The average Bonchev–Trinajstić information content (AvgIpc) is 3.02. The van der Waals surface area contributed by atoms with E-state index in [9.17, 15) is 26.3 Å². The molecule has 0 radical (unpaired) electrons. The lowest BCUT2D eigenvalue weighted by molar-refractivity contribution is -0.138. The Morgan fingerprint density at radius 3 is 1.73 bits per heavy atom. The number of aromatic nitrogens is 4. The molecule has 0 atom stereocenters. The van der Waals surface area contributed by atoms with Crippen LogP contribution in [0.15, 0.2) is 48.5 Å². The first-order chi connectivity index (χ1) is 12.1. The van der Waals surface area contributed by atoms with Crippen LogP contribution in [0.25, 0.3) is 5.69 Å². The molecule has 1 heterocycles. The van der Waals surface area contributed by atoms with Crippen molar-refractivity contribution in [1.29, 1.82) is 0 Å². The average molecular weight is 373 g/mol. The van der Waals surface area contributed by atoms with Crippen molar-refractivity contribution in [2.75, 3.05) is 5.32 Å². The topological polar surface area (TPSA) is 55.6 Å². The Morgan fingerprint density at radius 2 is 1.23 bits per heavy atom. The van der Waals surface area contributed by atoms with Gasteiger partial charge in [0.15, 0.2) is 0 Å². The van der Waals surface area contributed by atoms with Crippen LogP contribution in [-0.2, 0) is 12.4 Å². The van der Waals surface area contributed by atoms with Crippen molar-refractivity contribution >= 4 is 11.6 Å². The fraction of sp³-hybridized carbons (Fsp3) is 0.133. The zero-order valence-corrected chi connectivity index (χ0v) is 12.7. The van der Waals surface area contributed by atoms with Crippen molar-refractivity contribution in [1.82, 2.24) is 20.2 Å². The number of hydrogen-bond acceptors (Lipinski definition) is 4. The van der Waals surface area contributed by atoms with Crippen molar-refractivity contribution in [3.8, 4) is 5.69 Å². The van der Waals surface area contributed by atoms with E-state index in [0.29, 0.717) is 0 Å². The SMILES string of the molecule is FC(F)(F)c1ccc(Nc2nnnn2-c2ccc(C(F)(F)F)cc2)cc1. The van der Waals surface area contributed by atoms with Crippen molar-refractivity contribution in [3.63, 3.8) is 0 Å². The summed E-state index contributed by atoms with van der Waals surface area (Å²) in [4.78, 5) is 0. The number of anilines is 2. The minimum absolute atomic E-state index is 0.0320. The fourth-order valence-electron chi connectivity index (χ4n) is 2.10. The molecule has 0 saturated carbocycles. The molecule has 1 aromatic heterocycles. The predicted molar refractivity (Wildman–Crippen MR) is 78.9 cm³/mol. The van der Waals surface area contributed by atoms with Crippen LogP contribution < -0.4 is 5.32 Å². The predicted octanol–water partition coefficient (Wildman–Crippen LogP) is 4.44. The molecule has 0 aliphatic heterocycles. The fourth-order valence-corrected chi connectivity index (χ4v) is 2.10. The van der Waals surface area contributed by atoms with Gasteiger partial charge in [-0.2, -0.15) is 31.0 Å². The quantitative estimate of drug-likeness (QED) is 0.690. The van der Waals surface area contributed by atoms with Crippen LogP contribution in [-0.4, -0.2) is 20.2 Å². The summed E-state index contributed by atoms with van der Waals surface area (Å²) in [7, 11) is 0. The van der Waals surface area contributed by atoms with E-state index in [4.69, 9.17) is 0 Å². The Morgan fingerprint density at radius 1 is 0.731 bits per heavy atom. The van der Waals surface area contributed by atoms with Crippen LogP contribution in [0.4, 0.5) is 38.0 Å². The van der Waals surface area contributed by atoms with E-state index in [1.807, 2.05) is 0 Å². The Labute approximate surface area is 142 Å². The smallest absolute Gasteiger partial charge is 0.323 e. The van der Waals surface area contributed by atoms with Crippen LogP contribution in [0.2, 0.25) is 0 Å². The molecule has 26 heavy (non-hydrogen) atoms. The highest BCUT2D eigenvalue weighted by atomic mass is 19.4. The molecule has 0 spiro atoms. The van der Waals surface area contributed by atoms with Crippen molar-refractivity contribution < 1.29 is 26.3 Å². The first kappa shape index (κ1) is 17.7. The van der Waals surface area contributed by atoms with E-state index in [2.05, 4.69) is 20.8 Å². The van der Waals surface area contributed by atoms with Crippen LogP contribution >= 0.6 is 0 Å². The zero-order chi connectivity index (χ0) is 18.9. The molecule has 1 N–H and O–H groups in total. The second-order valence-electron chi connectivity index (χ2n) is 5.16. The highest BCUT2D eigenvalue weighted by Crippen LogP contribution is 2.31. The number of benzene rings is 2. The summed E-state index contributed by atoms with van der Waals surface area (Å²) in [6.45, 7) is 0. The largest absolute Gasteiger partial charge is 0.416 e. The number of halogens is 6. The third-order valence-electron chi connectivity index (χ3n) is 3.38. The highest BCUT2D eigenvalue weighted by Gasteiger charge is 2.31. The molecule has 2 aromatic carbocycles. The second-order valence-corrected chi connectivity index (χ2v) is 5.16. The maximum absolute atomic E-state index is 12.6. The number of tetrazole rings is 1. The van der Waals surface area contributed by atoms with Crippen LogP contribution in [0.1, 0.15) is 11.1 Å². The van der Waals surface area contributed by atoms with Crippen molar-refractivity contribution in [2.24, 2.45) is 0 Å². The van der Waals surface area contributed by atoms with Gasteiger partial charge in [0, 0.05) is 5.69 Å². The van der Waals surface area contributed by atoms with Crippen molar-refractivity contribution in [3.05, 3.63) is 59.7 Å². The summed E-state index contributed by atoms with van der Waals surface area (Å²) in [5.41, 5.74) is -1.12. The van der Waals surface area contributed by atoms with Gasteiger partial charge in [-0.25, -0.2) is 0 Å².